The highest BCUT2D eigenvalue weighted by atomic mass is 32.1. The third kappa shape index (κ3) is 5.70. The Labute approximate surface area is 179 Å². The van der Waals surface area contributed by atoms with Gasteiger partial charge in [-0.2, -0.15) is 0 Å². The van der Waals surface area contributed by atoms with Crippen LogP contribution in [0.1, 0.15) is 57.0 Å². The van der Waals surface area contributed by atoms with E-state index >= 15 is 0 Å². The Balaban J connectivity index is 1.60. The SMILES string of the molecule is COCCCNC(=O)c1c(NC(=O)CCNC(=O)c2ccco2)sc2c1CCCC2. The fraction of sp³-hybridized carbons (Fsp3) is 0.476. The molecule has 9 heteroatoms. The van der Waals surface area contributed by atoms with E-state index in [-0.39, 0.29) is 36.4 Å². The molecule has 0 aromatic carbocycles. The van der Waals surface area contributed by atoms with Crippen molar-refractivity contribution in [2.45, 2.75) is 38.5 Å². The van der Waals surface area contributed by atoms with Crippen molar-refractivity contribution in [1.29, 1.82) is 0 Å². The van der Waals surface area contributed by atoms with E-state index in [1.807, 2.05) is 0 Å². The molecule has 0 fully saturated rings. The van der Waals surface area contributed by atoms with Gasteiger partial charge in [0.25, 0.3) is 11.8 Å². The highest BCUT2D eigenvalue weighted by Gasteiger charge is 2.26. The van der Waals surface area contributed by atoms with Gasteiger partial charge in [-0.1, -0.05) is 0 Å². The van der Waals surface area contributed by atoms with E-state index in [1.165, 1.54) is 22.5 Å². The molecule has 0 aliphatic heterocycles. The molecule has 0 saturated carbocycles. The Kier molecular flexibility index (Phi) is 8.04. The van der Waals surface area contributed by atoms with E-state index < -0.39 is 0 Å². The summed E-state index contributed by atoms with van der Waals surface area (Å²) in [6.07, 6.45) is 6.16. The van der Waals surface area contributed by atoms with Crippen LogP contribution in [0.3, 0.4) is 0 Å². The first-order valence-electron chi connectivity index (χ1n) is 10.1. The summed E-state index contributed by atoms with van der Waals surface area (Å²) in [5.74, 6) is -0.571. The molecule has 0 unspecified atom stereocenters. The minimum Gasteiger partial charge on any atom is -0.459 e. The van der Waals surface area contributed by atoms with Gasteiger partial charge in [0.15, 0.2) is 5.76 Å². The third-order valence-electron chi connectivity index (χ3n) is 4.84. The molecule has 2 heterocycles. The van der Waals surface area contributed by atoms with Crippen LogP contribution in [0.25, 0.3) is 0 Å². The number of furan rings is 1. The number of hydrogen-bond donors (Lipinski definition) is 3. The van der Waals surface area contributed by atoms with Crippen LogP contribution in [-0.4, -0.2) is 44.5 Å². The molecule has 8 nitrogen and oxygen atoms in total. The number of amides is 3. The molecule has 0 saturated heterocycles. The van der Waals surface area contributed by atoms with Gasteiger partial charge in [0.2, 0.25) is 5.91 Å². The molecule has 3 amide bonds. The molecule has 0 spiro atoms. The van der Waals surface area contributed by atoms with Gasteiger partial charge in [0.05, 0.1) is 11.8 Å². The summed E-state index contributed by atoms with van der Waals surface area (Å²) in [6.45, 7) is 1.27. The first-order chi connectivity index (χ1) is 14.6. The summed E-state index contributed by atoms with van der Waals surface area (Å²) in [5, 5.41) is 9.04. The van der Waals surface area contributed by atoms with Gasteiger partial charge in [0.1, 0.15) is 5.00 Å². The number of carbonyl (C=O) groups excluding carboxylic acids is 3. The smallest absolute Gasteiger partial charge is 0.286 e. The predicted octanol–water partition coefficient (Wildman–Crippen LogP) is 2.74. The average Bonchev–Trinajstić information content (AvgIpc) is 3.39. The summed E-state index contributed by atoms with van der Waals surface area (Å²) in [4.78, 5) is 38.3. The van der Waals surface area contributed by atoms with Gasteiger partial charge >= 0.3 is 0 Å². The lowest BCUT2D eigenvalue weighted by molar-refractivity contribution is -0.116. The summed E-state index contributed by atoms with van der Waals surface area (Å²) >= 11 is 1.48. The van der Waals surface area contributed by atoms with Crippen molar-refractivity contribution in [2.75, 3.05) is 32.1 Å². The maximum atomic E-state index is 12.8. The lowest BCUT2D eigenvalue weighted by Crippen LogP contribution is -2.29. The van der Waals surface area contributed by atoms with Crippen molar-refractivity contribution < 1.29 is 23.5 Å². The fourth-order valence-corrected chi connectivity index (χ4v) is 4.68. The summed E-state index contributed by atoms with van der Waals surface area (Å²) in [7, 11) is 1.63. The van der Waals surface area contributed by atoms with Crippen LogP contribution >= 0.6 is 11.3 Å². The quantitative estimate of drug-likeness (QED) is 0.499. The number of hydrogen-bond acceptors (Lipinski definition) is 6. The van der Waals surface area contributed by atoms with Crippen LogP contribution in [-0.2, 0) is 22.4 Å². The number of aryl methyl sites for hydroxylation is 1. The molecule has 2 aromatic heterocycles. The summed E-state index contributed by atoms with van der Waals surface area (Å²) in [6, 6.07) is 3.19. The second kappa shape index (κ2) is 10.9. The Hall–Kier alpha value is -2.65. The molecular formula is C21H27N3O5S. The largest absolute Gasteiger partial charge is 0.459 e. The van der Waals surface area contributed by atoms with E-state index in [4.69, 9.17) is 9.15 Å². The number of nitrogens with one attached hydrogen (secondary N) is 3. The van der Waals surface area contributed by atoms with Gasteiger partial charge in [-0.05, 0) is 49.8 Å². The first-order valence-corrected chi connectivity index (χ1v) is 10.9. The minimum absolute atomic E-state index is 0.101. The van der Waals surface area contributed by atoms with Gasteiger partial charge in [0, 0.05) is 38.1 Å². The standard InChI is InChI=1S/C21H27N3O5S/c1-28-12-5-10-22-20(27)18-14-6-2-3-8-16(14)30-21(18)24-17(25)9-11-23-19(26)15-7-4-13-29-15/h4,7,13H,2-3,5-6,8-12H2,1H3,(H,22,27)(H,23,26)(H,24,25). The van der Waals surface area contributed by atoms with Gasteiger partial charge in [-0.15, -0.1) is 11.3 Å². The van der Waals surface area contributed by atoms with E-state index in [2.05, 4.69) is 16.0 Å². The second-order valence-corrected chi connectivity index (χ2v) is 8.15. The molecule has 0 radical (unpaired) electrons. The number of anilines is 1. The Morgan fingerprint density at radius 2 is 1.93 bits per heavy atom. The summed E-state index contributed by atoms with van der Waals surface area (Å²) in [5.41, 5.74) is 1.64. The van der Waals surface area contributed by atoms with Crippen molar-refractivity contribution >= 4 is 34.1 Å². The number of methoxy groups -OCH3 is 1. The maximum Gasteiger partial charge on any atom is 0.286 e. The number of thiophene rings is 1. The van der Waals surface area contributed by atoms with E-state index in [0.29, 0.717) is 23.7 Å². The number of fused-ring (bicyclic) bond motifs is 1. The van der Waals surface area contributed by atoms with Crippen LogP contribution in [0, 0.1) is 0 Å². The monoisotopic (exact) mass is 433 g/mol. The van der Waals surface area contributed by atoms with E-state index in [1.54, 1.807) is 19.2 Å². The normalized spacial score (nSPS) is 12.8. The van der Waals surface area contributed by atoms with Crippen LogP contribution in [0.5, 0.6) is 0 Å². The van der Waals surface area contributed by atoms with E-state index in [9.17, 15) is 14.4 Å². The first kappa shape index (κ1) is 22.0. The molecule has 162 valence electrons. The molecule has 30 heavy (non-hydrogen) atoms. The number of carbonyl (C=O) groups is 3. The van der Waals surface area contributed by atoms with Crippen molar-refractivity contribution in [3.63, 3.8) is 0 Å². The summed E-state index contributed by atoms with van der Waals surface area (Å²) < 4.78 is 10.0. The Bertz CT molecular complexity index is 876. The molecule has 0 bridgehead atoms. The van der Waals surface area contributed by atoms with Crippen molar-refractivity contribution in [3.05, 3.63) is 40.2 Å². The second-order valence-electron chi connectivity index (χ2n) is 7.05. The van der Waals surface area contributed by atoms with Crippen LogP contribution in [0.2, 0.25) is 0 Å². The third-order valence-corrected chi connectivity index (χ3v) is 6.05. The van der Waals surface area contributed by atoms with Crippen molar-refractivity contribution in [2.24, 2.45) is 0 Å². The van der Waals surface area contributed by atoms with Gasteiger partial charge in [-0.3, -0.25) is 14.4 Å². The number of rotatable bonds is 10. The van der Waals surface area contributed by atoms with Crippen molar-refractivity contribution in [1.82, 2.24) is 10.6 Å². The molecule has 1 aliphatic rings. The van der Waals surface area contributed by atoms with E-state index in [0.717, 1.165) is 37.7 Å². The lowest BCUT2D eigenvalue weighted by Gasteiger charge is -2.13. The molecular weight excluding hydrogens is 406 g/mol. The molecule has 3 N–H and O–H groups in total. The molecule has 1 aliphatic carbocycles. The zero-order chi connectivity index (χ0) is 21.3. The average molecular weight is 434 g/mol. The minimum atomic E-state index is -0.365. The molecule has 0 atom stereocenters. The highest BCUT2D eigenvalue weighted by Crippen LogP contribution is 2.38. The van der Waals surface area contributed by atoms with Crippen LogP contribution < -0.4 is 16.0 Å². The van der Waals surface area contributed by atoms with Crippen molar-refractivity contribution in [3.8, 4) is 0 Å². The zero-order valence-corrected chi connectivity index (χ0v) is 17.9. The van der Waals surface area contributed by atoms with Crippen LogP contribution in [0.15, 0.2) is 22.8 Å². The highest BCUT2D eigenvalue weighted by molar-refractivity contribution is 7.17. The van der Waals surface area contributed by atoms with Crippen LogP contribution in [0.4, 0.5) is 5.00 Å². The fourth-order valence-electron chi connectivity index (χ4n) is 3.37. The lowest BCUT2D eigenvalue weighted by atomic mass is 9.95. The topological polar surface area (TPSA) is 110 Å². The van der Waals surface area contributed by atoms with Gasteiger partial charge < -0.3 is 25.1 Å². The maximum absolute atomic E-state index is 12.8. The predicted molar refractivity (Wildman–Crippen MR) is 114 cm³/mol. The number of ether oxygens (including phenoxy) is 1. The Morgan fingerprint density at radius 3 is 2.70 bits per heavy atom. The Morgan fingerprint density at radius 1 is 1.13 bits per heavy atom. The molecule has 3 rings (SSSR count). The van der Waals surface area contributed by atoms with Gasteiger partial charge in [-0.25, -0.2) is 0 Å². The zero-order valence-electron chi connectivity index (χ0n) is 17.0. The molecule has 2 aromatic rings.